The fourth-order valence-electron chi connectivity index (χ4n) is 1.14. The van der Waals surface area contributed by atoms with Crippen LogP contribution in [0.1, 0.15) is 19.7 Å². The van der Waals surface area contributed by atoms with Crippen LogP contribution in [-0.2, 0) is 5.54 Å². The Hall–Kier alpha value is -2.02. The van der Waals surface area contributed by atoms with Crippen molar-refractivity contribution in [2.24, 2.45) is 5.73 Å². The molecule has 0 radical (unpaired) electrons. The average molecular weight is 235 g/mol. The molecular formula is C10H13N5O2. The van der Waals surface area contributed by atoms with Crippen molar-refractivity contribution >= 4 is 0 Å². The Kier molecular flexibility index (Phi) is 2.76. The minimum absolute atomic E-state index is 0.352. The molecule has 0 saturated carbocycles. The first-order valence-corrected chi connectivity index (χ1v) is 5.02. The van der Waals surface area contributed by atoms with Crippen molar-refractivity contribution in [1.82, 2.24) is 20.3 Å². The first-order chi connectivity index (χ1) is 8.00. The number of nitrogens with two attached hydrogens (primary N) is 1. The van der Waals surface area contributed by atoms with Crippen LogP contribution in [-0.4, -0.2) is 27.4 Å². The van der Waals surface area contributed by atoms with Gasteiger partial charge in [0.25, 0.3) is 0 Å². The number of ether oxygens (including phenoxy) is 1. The topological polar surface area (TPSA) is 100.0 Å². The number of aromatic nitrogens is 4. The van der Waals surface area contributed by atoms with Crippen molar-refractivity contribution in [1.29, 1.82) is 0 Å². The lowest BCUT2D eigenvalue weighted by atomic mass is 10.1. The molecule has 0 aromatic carbocycles. The normalized spacial score (nSPS) is 11.5. The van der Waals surface area contributed by atoms with Crippen molar-refractivity contribution in [2.45, 2.75) is 19.4 Å². The summed E-state index contributed by atoms with van der Waals surface area (Å²) in [5.74, 6) is 1.13. The highest BCUT2D eigenvalue weighted by atomic mass is 16.5. The largest absolute Gasteiger partial charge is 0.480 e. The highest BCUT2D eigenvalue weighted by Crippen LogP contribution is 2.19. The highest BCUT2D eigenvalue weighted by Gasteiger charge is 2.23. The van der Waals surface area contributed by atoms with Gasteiger partial charge in [0.1, 0.15) is 5.69 Å². The number of hydrogen-bond donors (Lipinski definition) is 1. The molecule has 0 bridgehead atoms. The molecule has 0 atom stereocenters. The molecule has 17 heavy (non-hydrogen) atoms. The fraction of sp³-hybridized carbons (Fsp3) is 0.400. The Morgan fingerprint density at radius 1 is 1.29 bits per heavy atom. The lowest BCUT2D eigenvalue weighted by Gasteiger charge is -2.10. The Labute approximate surface area is 98.0 Å². The minimum Gasteiger partial charge on any atom is -0.480 e. The SMILES string of the molecule is COc1ccc(-c2noc(C(C)(C)N)n2)nn1. The van der Waals surface area contributed by atoms with E-state index in [2.05, 4.69) is 20.3 Å². The molecule has 0 spiro atoms. The van der Waals surface area contributed by atoms with E-state index in [1.54, 1.807) is 26.0 Å². The molecule has 0 aliphatic rings. The molecule has 7 nitrogen and oxygen atoms in total. The molecule has 0 unspecified atom stereocenters. The molecule has 0 amide bonds. The van der Waals surface area contributed by atoms with Crippen LogP contribution in [0, 0.1) is 0 Å². The van der Waals surface area contributed by atoms with Gasteiger partial charge in [-0.1, -0.05) is 5.16 Å². The second-order valence-corrected chi connectivity index (χ2v) is 4.11. The van der Waals surface area contributed by atoms with E-state index < -0.39 is 5.54 Å². The Morgan fingerprint density at radius 3 is 2.53 bits per heavy atom. The molecule has 0 saturated heterocycles. The number of rotatable bonds is 3. The summed E-state index contributed by atoms with van der Waals surface area (Å²) in [6.07, 6.45) is 0. The summed E-state index contributed by atoms with van der Waals surface area (Å²) >= 11 is 0. The third-order valence-corrected chi connectivity index (χ3v) is 2.06. The first-order valence-electron chi connectivity index (χ1n) is 5.02. The lowest BCUT2D eigenvalue weighted by molar-refractivity contribution is 0.312. The first kappa shape index (κ1) is 11.5. The molecule has 0 fully saturated rings. The Bertz CT molecular complexity index is 500. The molecule has 2 heterocycles. The summed E-state index contributed by atoms with van der Waals surface area (Å²) < 4.78 is 9.96. The predicted molar refractivity (Wildman–Crippen MR) is 59.1 cm³/mol. The van der Waals surface area contributed by atoms with Crippen molar-refractivity contribution in [3.63, 3.8) is 0 Å². The third kappa shape index (κ3) is 2.39. The zero-order chi connectivity index (χ0) is 12.5. The van der Waals surface area contributed by atoms with E-state index in [4.69, 9.17) is 15.0 Å². The molecule has 2 N–H and O–H groups in total. The summed E-state index contributed by atoms with van der Waals surface area (Å²) in [6, 6.07) is 3.37. The van der Waals surface area contributed by atoms with Gasteiger partial charge in [-0.15, -0.1) is 10.2 Å². The molecule has 7 heteroatoms. The van der Waals surface area contributed by atoms with Crippen LogP contribution in [0.5, 0.6) is 5.88 Å². The van der Waals surface area contributed by atoms with Gasteiger partial charge in [-0.05, 0) is 19.9 Å². The standard InChI is InChI=1S/C10H13N5O2/c1-10(2,11)9-12-8(15-17-9)6-4-5-7(16-3)14-13-6/h4-5H,11H2,1-3H3. The fourth-order valence-corrected chi connectivity index (χ4v) is 1.14. The third-order valence-electron chi connectivity index (χ3n) is 2.06. The van der Waals surface area contributed by atoms with Gasteiger partial charge in [0.05, 0.1) is 12.6 Å². The number of methoxy groups -OCH3 is 1. The molecular weight excluding hydrogens is 222 g/mol. The number of hydrogen-bond acceptors (Lipinski definition) is 7. The molecule has 2 rings (SSSR count). The van der Waals surface area contributed by atoms with Gasteiger partial charge in [-0.25, -0.2) is 0 Å². The summed E-state index contributed by atoms with van der Waals surface area (Å²) in [4.78, 5) is 4.16. The minimum atomic E-state index is -0.675. The van der Waals surface area contributed by atoms with Crippen LogP contribution in [0.2, 0.25) is 0 Å². The maximum Gasteiger partial charge on any atom is 0.246 e. The van der Waals surface area contributed by atoms with E-state index in [9.17, 15) is 0 Å². The quantitative estimate of drug-likeness (QED) is 0.836. The Morgan fingerprint density at radius 2 is 2.06 bits per heavy atom. The van der Waals surface area contributed by atoms with Crippen molar-refractivity contribution in [3.05, 3.63) is 18.0 Å². The Balaban J connectivity index is 2.30. The van der Waals surface area contributed by atoms with Crippen LogP contribution in [0.15, 0.2) is 16.7 Å². The molecule has 2 aromatic heterocycles. The van der Waals surface area contributed by atoms with Crippen molar-refractivity contribution in [2.75, 3.05) is 7.11 Å². The molecule has 0 aliphatic carbocycles. The predicted octanol–water partition coefficient (Wildman–Crippen LogP) is 0.729. The van der Waals surface area contributed by atoms with Gasteiger partial charge in [-0.2, -0.15) is 4.98 Å². The van der Waals surface area contributed by atoms with E-state index in [1.165, 1.54) is 7.11 Å². The lowest BCUT2D eigenvalue weighted by Crippen LogP contribution is -2.28. The van der Waals surface area contributed by atoms with Crippen LogP contribution in [0.4, 0.5) is 0 Å². The van der Waals surface area contributed by atoms with Crippen LogP contribution in [0.3, 0.4) is 0 Å². The van der Waals surface area contributed by atoms with Crippen LogP contribution < -0.4 is 10.5 Å². The number of nitrogens with zero attached hydrogens (tertiary/aromatic N) is 4. The van der Waals surface area contributed by atoms with Crippen molar-refractivity contribution in [3.8, 4) is 17.4 Å². The maximum absolute atomic E-state index is 5.84. The van der Waals surface area contributed by atoms with E-state index in [1.807, 2.05) is 0 Å². The van der Waals surface area contributed by atoms with Gasteiger partial charge in [0, 0.05) is 6.07 Å². The van der Waals surface area contributed by atoms with E-state index in [0.29, 0.717) is 23.3 Å². The van der Waals surface area contributed by atoms with Crippen molar-refractivity contribution < 1.29 is 9.26 Å². The smallest absolute Gasteiger partial charge is 0.246 e. The molecule has 0 aliphatic heterocycles. The summed E-state index contributed by atoms with van der Waals surface area (Å²) in [6.45, 7) is 3.56. The summed E-state index contributed by atoms with van der Waals surface area (Å²) in [7, 11) is 1.52. The summed E-state index contributed by atoms with van der Waals surface area (Å²) in [5, 5.41) is 11.5. The van der Waals surface area contributed by atoms with Gasteiger partial charge >= 0.3 is 0 Å². The van der Waals surface area contributed by atoms with E-state index in [0.717, 1.165) is 0 Å². The van der Waals surface area contributed by atoms with Gasteiger partial charge < -0.3 is 15.0 Å². The van der Waals surface area contributed by atoms with Gasteiger partial charge in [0.2, 0.25) is 17.6 Å². The van der Waals surface area contributed by atoms with Gasteiger partial charge in [-0.3, -0.25) is 0 Å². The molecule has 90 valence electrons. The monoisotopic (exact) mass is 235 g/mol. The van der Waals surface area contributed by atoms with E-state index >= 15 is 0 Å². The van der Waals surface area contributed by atoms with Crippen LogP contribution in [0.25, 0.3) is 11.5 Å². The summed E-state index contributed by atoms with van der Waals surface area (Å²) in [5.41, 5.74) is 5.67. The maximum atomic E-state index is 5.84. The van der Waals surface area contributed by atoms with Gasteiger partial charge in [0.15, 0.2) is 0 Å². The second-order valence-electron chi connectivity index (χ2n) is 4.11. The van der Waals surface area contributed by atoms with E-state index in [-0.39, 0.29) is 0 Å². The van der Waals surface area contributed by atoms with Crippen LogP contribution >= 0.6 is 0 Å². The highest BCUT2D eigenvalue weighted by molar-refractivity contribution is 5.47. The zero-order valence-corrected chi connectivity index (χ0v) is 9.84. The average Bonchev–Trinajstić information content (AvgIpc) is 2.78. The zero-order valence-electron chi connectivity index (χ0n) is 9.84. The molecule has 2 aromatic rings. The second kappa shape index (κ2) is 4.10.